The molecule has 0 aromatic carbocycles. The number of aliphatic hydroxyl groups is 1. The lowest BCUT2D eigenvalue weighted by Gasteiger charge is -2.32. The molecule has 0 heterocycles. The van der Waals surface area contributed by atoms with Gasteiger partial charge in [-0.05, 0) is 25.8 Å². The molecule has 0 radical (unpaired) electrons. The van der Waals surface area contributed by atoms with E-state index in [9.17, 15) is 4.79 Å². The van der Waals surface area contributed by atoms with Crippen molar-refractivity contribution in [2.45, 2.75) is 40.0 Å². The van der Waals surface area contributed by atoms with Crippen molar-refractivity contribution in [2.75, 3.05) is 26.2 Å². The summed E-state index contributed by atoms with van der Waals surface area (Å²) in [5.74, 6) is 0. The fourth-order valence-corrected chi connectivity index (χ4v) is 1.85. The average molecular weight is 215 g/mol. The van der Waals surface area contributed by atoms with Crippen LogP contribution < -0.4 is 0 Å². The summed E-state index contributed by atoms with van der Waals surface area (Å²) in [7, 11) is 0. The third-order valence-electron chi connectivity index (χ3n) is 3.15. The van der Waals surface area contributed by atoms with E-state index >= 15 is 0 Å². The van der Waals surface area contributed by atoms with Crippen LogP contribution in [0.5, 0.6) is 0 Å². The van der Waals surface area contributed by atoms with Crippen LogP contribution in [-0.2, 0) is 4.79 Å². The third-order valence-corrected chi connectivity index (χ3v) is 3.15. The second-order valence-electron chi connectivity index (χ2n) is 4.19. The number of hydrogen-bond donors (Lipinski definition) is 1. The molecule has 0 unspecified atom stereocenters. The monoisotopic (exact) mass is 215 g/mol. The number of hydrogen-bond acceptors (Lipinski definition) is 3. The SMILES string of the molecule is CCCN(CCO)CC(C=O)(CC)CC. The quantitative estimate of drug-likeness (QED) is 0.595. The van der Waals surface area contributed by atoms with Gasteiger partial charge in [-0.15, -0.1) is 0 Å². The summed E-state index contributed by atoms with van der Waals surface area (Å²) >= 11 is 0. The van der Waals surface area contributed by atoms with Gasteiger partial charge in [0, 0.05) is 18.5 Å². The fraction of sp³-hybridized carbons (Fsp3) is 0.917. The van der Waals surface area contributed by atoms with Gasteiger partial charge in [-0.1, -0.05) is 20.8 Å². The topological polar surface area (TPSA) is 40.5 Å². The van der Waals surface area contributed by atoms with E-state index in [1.54, 1.807) is 0 Å². The predicted molar refractivity (Wildman–Crippen MR) is 62.9 cm³/mol. The smallest absolute Gasteiger partial charge is 0.127 e. The maximum Gasteiger partial charge on any atom is 0.127 e. The molecular weight excluding hydrogens is 190 g/mol. The first kappa shape index (κ1) is 14.6. The lowest BCUT2D eigenvalue weighted by Crippen LogP contribution is -2.40. The molecule has 0 saturated heterocycles. The third kappa shape index (κ3) is 4.76. The van der Waals surface area contributed by atoms with Gasteiger partial charge in [-0.25, -0.2) is 0 Å². The van der Waals surface area contributed by atoms with Gasteiger partial charge in [-0.3, -0.25) is 0 Å². The number of nitrogens with zero attached hydrogens (tertiary/aromatic N) is 1. The molecule has 3 nitrogen and oxygen atoms in total. The Morgan fingerprint density at radius 3 is 2.13 bits per heavy atom. The standard InChI is InChI=1S/C12H25NO2/c1-4-7-13(8-9-14)10-12(5-2,6-3)11-15/h11,14H,4-10H2,1-3H3. The molecule has 90 valence electrons. The minimum absolute atomic E-state index is 0.169. The zero-order chi connectivity index (χ0) is 11.7. The van der Waals surface area contributed by atoms with Gasteiger partial charge in [0.1, 0.15) is 6.29 Å². The molecule has 15 heavy (non-hydrogen) atoms. The Bertz CT molecular complexity index is 161. The van der Waals surface area contributed by atoms with Gasteiger partial charge >= 0.3 is 0 Å². The van der Waals surface area contributed by atoms with Crippen LogP contribution in [0.1, 0.15) is 40.0 Å². The zero-order valence-corrected chi connectivity index (χ0v) is 10.3. The Balaban J connectivity index is 4.37. The summed E-state index contributed by atoms with van der Waals surface area (Å²) in [5.41, 5.74) is -0.218. The Labute approximate surface area is 93.5 Å². The van der Waals surface area contributed by atoms with Gasteiger partial charge in [0.25, 0.3) is 0 Å². The maximum atomic E-state index is 11.1. The first-order valence-electron chi connectivity index (χ1n) is 5.97. The van der Waals surface area contributed by atoms with Crippen molar-refractivity contribution in [3.05, 3.63) is 0 Å². The Hall–Kier alpha value is -0.410. The number of rotatable bonds is 9. The van der Waals surface area contributed by atoms with E-state index in [0.29, 0.717) is 6.54 Å². The van der Waals surface area contributed by atoms with Gasteiger partial charge in [0.15, 0.2) is 0 Å². The second kappa shape index (κ2) is 7.83. The number of carbonyl (C=O) groups is 1. The van der Waals surface area contributed by atoms with Crippen LogP contribution in [0, 0.1) is 5.41 Å². The predicted octanol–water partition coefficient (Wildman–Crippen LogP) is 1.70. The fourth-order valence-electron chi connectivity index (χ4n) is 1.85. The highest BCUT2D eigenvalue weighted by molar-refractivity contribution is 5.59. The number of carbonyl (C=O) groups excluding carboxylic acids is 1. The summed E-state index contributed by atoms with van der Waals surface area (Å²) in [5, 5.41) is 8.95. The molecule has 0 aliphatic rings. The molecule has 0 spiro atoms. The number of aldehydes is 1. The molecule has 0 aromatic rings. The van der Waals surface area contributed by atoms with Crippen LogP contribution in [0.25, 0.3) is 0 Å². The molecule has 1 N–H and O–H groups in total. The highest BCUT2D eigenvalue weighted by Crippen LogP contribution is 2.24. The van der Waals surface area contributed by atoms with Crippen LogP contribution in [0.15, 0.2) is 0 Å². The van der Waals surface area contributed by atoms with Gasteiger partial charge in [-0.2, -0.15) is 0 Å². The van der Waals surface area contributed by atoms with E-state index in [1.807, 2.05) is 0 Å². The minimum Gasteiger partial charge on any atom is -0.395 e. The largest absolute Gasteiger partial charge is 0.395 e. The van der Waals surface area contributed by atoms with Crippen molar-refractivity contribution in [2.24, 2.45) is 5.41 Å². The molecule has 0 aliphatic heterocycles. The van der Waals surface area contributed by atoms with E-state index in [0.717, 1.165) is 38.6 Å². The summed E-state index contributed by atoms with van der Waals surface area (Å²) in [6.07, 6.45) is 3.90. The first-order chi connectivity index (χ1) is 7.17. The maximum absolute atomic E-state index is 11.1. The molecule has 0 amide bonds. The minimum atomic E-state index is -0.218. The summed E-state index contributed by atoms with van der Waals surface area (Å²) in [6, 6.07) is 0. The molecule has 0 aliphatic carbocycles. The Kier molecular flexibility index (Phi) is 7.61. The number of aliphatic hydroxyl groups excluding tert-OH is 1. The highest BCUT2D eigenvalue weighted by atomic mass is 16.3. The zero-order valence-electron chi connectivity index (χ0n) is 10.3. The Morgan fingerprint density at radius 2 is 1.80 bits per heavy atom. The molecule has 0 aromatic heterocycles. The average Bonchev–Trinajstić information content (AvgIpc) is 2.27. The van der Waals surface area contributed by atoms with Crippen molar-refractivity contribution in [1.82, 2.24) is 4.90 Å². The van der Waals surface area contributed by atoms with Crippen LogP contribution in [0.4, 0.5) is 0 Å². The summed E-state index contributed by atoms with van der Waals surface area (Å²) in [4.78, 5) is 13.3. The van der Waals surface area contributed by atoms with Gasteiger partial charge in [0.05, 0.1) is 6.61 Å². The van der Waals surface area contributed by atoms with Crippen LogP contribution in [0.3, 0.4) is 0 Å². The van der Waals surface area contributed by atoms with E-state index in [4.69, 9.17) is 5.11 Å². The molecular formula is C12H25NO2. The van der Waals surface area contributed by atoms with E-state index in [-0.39, 0.29) is 12.0 Å². The van der Waals surface area contributed by atoms with Crippen molar-refractivity contribution >= 4 is 6.29 Å². The summed E-state index contributed by atoms with van der Waals surface area (Å²) < 4.78 is 0. The van der Waals surface area contributed by atoms with Crippen molar-refractivity contribution < 1.29 is 9.90 Å². The van der Waals surface area contributed by atoms with Crippen molar-refractivity contribution in [3.8, 4) is 0 Å². The molecule has 0 atom stereocenters. The van der Waals surface area contributed by atoms with Crippen LogP contribution in [-0.4, -0.2) is 42.5 Å². The lowest BCUT2D eigenvalue weighted by molar-refractivity contribution is -0.117. The van der Waals surface area contributed by atoms with Crippen molar-refractivity contribution in [1.29, 1.82) is 0 Å². The van der Waals surface area contributed by atoms with Crippen LogP contribution >= 0.6 is 0 Å². The van der Waals surface area contributed by atoms with Crippen LogP contribution in [0.2, 0.25) is 0 Å². The van der Waals surface area contributed by atoms with E-state index in [1.165, 1.54) is 0 Å². The highest BCUT2D eigenvalue weighted by Gasteiger charge is 2.27. The first-order valence-corrected chi connectivity index (χ1v) is 5.97. The van der Waals surface area contributed by atoms with E-state index < -0.39 is 0 Å². The van der Waals surface area contributed by atoms with Gasteiger partial charge in [0.2, 0.25) is 0 Å². The van der Waals surface area contributed by atoms with Crippen molar-refractivity contribution in [3.63, 3.8) is 0 Å². The molecule has 0 fully saturated rings. The normalized spacial score (nSPS) is 12.1. The van der Waals surface area contributed by atoms with Gasteiger partial charge < -0.3 is 14.8 Å². The molecule has 0 rings (SSSR count). The molecule has 0 bridgehead atoms. The molecule has 3 heteroatoms. The Morgan fingerprint density at radius 1 is 1.20 bits per heavy atom. The van der Waals surface area contributed by atoms with E-state index in [2.05, 4.69) is 25.7 Å². The second-order valence-corrected chi connectivity index (χ2v) is 4.19. The molecule has 0 saturated carbocycles. The lowest BCUT2D eigenvalue weighted by atomic mass is 9.83. The summed E-state index contributed by atoms with van der Waals surface area (Å²) in [6.45, 7) is 8.80.